The maximum absolute atomic E-state index is 14.1. The number of nitrogens with zero attached hydrogens (tertiary/aromatic N) is 3. The van der Waals surface area contributed by atoms with Gasteiger partial charge in [0.15, 0.2) is 11.6 Å². The molecule has 10 heteroatoms. The van der Waals surface area contributed by atoms with Crippen LogP contribution < -0.4 is 15.8 Å². The lowest BCUT2D eigenvalue weighted by atomic mass is 10.1. The molecule has 2 aromatic carbocycles. The van der Waals surface area contributed by atoms with E-state index in [1.165, 1.54) is 30.2 Å². The Hall–Kier alpha value is -3.79. The molecular weight excluding hydrogens is 435 g/mol. The van der Waals surface area contributed by atoms with Crippen LogP contribution in [-0.4, -0.2) is 33.0 Å². The average Bonchev–Trinajstić information content (AvgIpc) is 3.12. The van der Waals surface area contributed by atoms with Gasteiger partial charge in [0.05, 0.1) is 19.2 Å². The van der Waals surface area contributed by atoms with Crippen molar-refractivity contribution in [3.63, 3.8) is 0 Å². The lowest BCUT2D eigenvalue weighted by Gasteiger charge is -2.28. The lowest BCUT2D eigenvalue weighted by Crippen LogP contribution is -2.49. The fourth-order valence-corrected chi connectivity index (χ4v) is 3.46. The van der Waals surface area contributed by atoms with Crippen molar-refractivity contribution in [2.45, 2.75) is 25.9 Å². The number of carbonyl (C=O) groups is 1. The SMILES string of the molecule is COc1cc(Nc2c(-c3ccc(F)cc3)nc3n2C=CN(C(=O)C(C)(C)N)C3)cc(F)c1F. The maximum Gasteiger partial charge on any atom is 0.246 e. The fourth-order valence-electron chi connectivity index (χ4n) is 3.46. The van der Waals surface area contributed by atoms with Crippen molar-refractivity contribution in [3.05, 3.63) is 65.9 Å². The van der Waals surface area contributed by atoms with Gasteiger partial charge in [-0.25, -0.2) is 13.8 Å². The Balaban J connectivity index is 1.80. The lowest BCUT2D eigenvalue weighted by molar-refractivity contribution is -0.133. The van der Waals surface area contributed by atoms with Crippen molar-refractivity contribution in [2.75, 3.05) is 12.4 Å². The number of halogens is 3. The van der Waals surface area contributed by atoms with Gasteiger partial charge in [0.25, 0.3) is 0 Å². The molecule has 0 saturated carbocycles. The van der Waals surface area contributed by atoms with Crippen LogP contribution in [0.3, 0.4) is 0 Å². The molecule has 0 aliphatic carbocycles. The van der Waals surface area contributed by atoms with Gasteiger partial charge in [-0.15, -0.1) is 0 Å². The molecule has 0 fully saturated rings. The van der Waals surface area contributed by atoms with Crippen molar-refractivity contribution in [2.24, 2.45) is 5.73 Å². The van der Waals surface area contributed by atoms with Crippen LogP contribution >= 0.6 is 0 Å². The monoisotopic (exact) mass is 457 g/mol. The topological polar surface area (TPSA) is 85.4 Å². The number of hydrogen-bond donors (Lipinski definition) is 2. The van der Waals surface area contributed by atoms with Gasteiger partial charge in [-0.05, 0) is 38.1 Å². The molecule has 0 bridgehead atoms. The van der Waals surface area contributed by atoms with Crippen LogP contribution in [0, 0.1) is 17.5 Å². The first-order chi connectivity index (χ1) is 15.6. The Labute approximate surface area is 188 Å². The van der Waals surface area contributed by atoms with Gasteiger partial charge in [0.1, 0.15) is 23.2 Å². The van der Waals surface area contributed by atoms with Gasteiger partial charge in [-0.2, -0.15) is 4.39 Å². The predicted molar refractivity (Wildman–Crippen MR) is 118 cm³/mol. The van der Waals surface area contributed by atoms with E-state index in [2.05, 4.69) is 10.3 Å². The second-order valence-electron chi connectivity index (χ2n) is 8.15. The number of imidazole rings is 1. The highest BCUT2D eigenvalue weighted by Crippen LogP contribution is 2.35. The third-order valence-electron chi connectivity index (χ3n) is 5.10. The minimum absolute atomic E-state index is 0.132. The van der Waals surface area contributed by atoms with E-state index in [0.717, 1.165) is 6.07 Å². The fraction of sp³-hybridized carbons (Fsp3) is 0.217. The number of hydrogen-bond acceptors (Lipinski definition) is 5. The molecule has 0 unspecified atom stereocenters. The number of nitrogens with one attached hydrogen (secondary N) is 1. The highest BCUT2D eigenvalue weighted by Gasteiger charge is 2.31. The van der Waals surface area contributed by atoms with Gasteiger partial charge in [0, 0.05) is 35.8 Å². The molecule has 0 atom stereocenters. The summed E-state index contributed by atoms with van der Waals surface area (Å²) in [5.41, 5.74) is 6.10. The van der Waals surface area contributed by atoms with E-state index >= 15 is 0 Å². The molecule has 7 nitrogen and oxygen atoms in total. The van der Waals surface area contributed by atoms with E-state index in [-0.39, 0.29) is 23.9 Å². The number of fused-ring (bicyclic) bond motifs is 1. The van der Waals surface area contributed by atoms with Gasteiger partial charge >= 0.3 is 0 Å². The number of ether oxygens (including phenoxy) is 1. The summed E-state index contributed by atoms with van der Waals surface area (Å²) in [7, 11) is 1.24. The summed E-state index contributed by atoms with van der Waals surface area (Å²) in [5.74, 6) is -2.25. The second kappa shape index (κ2) is 8.28. The van der Waals surface area contributed by atoms with Gasteiger partial charge in [0.2, 0.25) is 11.7 Å². The van der Waals surface area contributed by atoms with Gasteiger partial charge in [-0.1, -0.05) is 0 Å². The van der Waals surface area contributed by atoms with E-state index in [4.69, 9.17) is 10.5 Å². The van der Waals surface area contributed by atoms with E-state index in [0.29, 0.717) is 22.9 Å². The zero-order chi connectivity index (χ0) is 23.9. The molecule has 1 amide bonds. The summed E-state index contributed by atoms with van der Waals surface area (Å²) >= 11 is 0. The molecule has 172 valence electrons. The Morgan fingerprint density at radius 1 is 1.15 bits per heavy atom. The Morgan fingerprint density at radius 2 is 1.85 bits per heavy atom. The molecular formula is C23H22F3N5O2. The molecule has 0 saturated heterocycles. The summed E-state index contributed by atoms with van der Waals surface area (Å²) < 4.78 is 48.1. The van der Waals surface area contributed by atoms with Crippen molar-refractivity contribution in [1.82, 2.24) is 14.5 Å². The van der Waals surface area contributed by atoms with Crippen LogP contribution in [0.15, 0.2) is 42.6 Å². The summed E-state index contributed by atoms with van der Waals surface area (Å²) in [6.07, 6.45) is 3.18. The van der Waals surface area contributed by atoms with E-state index < -0.39 is 23.0 Å². The number of amides is 1. The Morgan fingerprint density at radius 3 is 2.48 bits per heavy atom. The highest BCUT2D eigenvalue weighted by atomic mass is 19.2. The number of nitrogens with two attached hydrogens (primary N) is 1. The summed E-state index contributed by atoms with van der Waals surface area (Å²) in [6, 6.07) is 7.99. The average molecular weight is 457 g/mol. The summed E-state index contributed by atoms with van der Waals surface area (Å²) in [6.45, 7) is 3.35. The third kappa shape index (κ3) is 4.29. The molecule has 0 spiro atoms. The number of anilines is 2. The predicted octanol–water partition coefficient (Wildman–Crippen LogP) is 4.23. The molecule has 4 rings (SSSR count). The third-order valence-corrected chi connectivity index (χ3v) is 5.10. The number of rotatable bonds is 5. The van der Waals surface area contributed by atoms with Crippen molar-refractivity contribution in [1.29, 1.82) is 0 Å². The molecule has 1 aliphatic heterocycles. The number of aromatic nitrogens is 2. The van der Waals surface area contributed by atoms with Crippen LogP contribution in [-0.2, 0) is 11.3 Å². The maximum atomic E-state index is 14.1. The Kier molecular flexibility index (Phi) is 5.62. The van der Waals surface area contributed by atoms with Crippen molar-refractivity contribution < 1.29 is 22.7 Å². The van der Waals surface area contributed by atoms with E-state index in [1.807, 2.05) is 0 Å². The largest absolute Gasteiger partial charge is 0.493 e. The first-order valence-electron chi connectivity index (χ1n) is 10.0. The van der Waals surface area contributed by atoms with Gasteiger partial charge < -0.3 is 20.7 Å². The number of benzene rings is 2. The van der Waals surface area contributed by atoms with E-state index in [1.54, 1.807) is 42.9 Å². The van der Waals surface area contributed by atoms with Gasteiger partial charge in [-0.3, -0.25) is 9.36 Å². The van der Waals surface area contributed by atoms with Crippen LogP contribution in [0.1, 0.15) is 19.7 Å². The number of carbonyl (C=O) groups excluding carboxylic acids is 1. The first-order valence-corrected chi connectivity index (χ1v) is 10.0. The molecule has 1 aromatic heterocycles. The highest BCUT2D eigenvalue weighted by molar-refractivity contribution is 5.87. The summed E-state index contributed by atoms with van der Waals surface area (Å²) in [5, 5.41) is 3.05. The molecule has 3 aromatic rings. The smallest absolute Gasteiger partial charge is 0.246 e. The minimum atomic E-state index is -1.10. The van der Waals surface area contributed by atoms with Crippen molar-refractivity contribution in [3.8, 4) is 17.0 Å². The minimum Gasteiger partial charge on any atom is -0.493 e. The van der Waals surface area contributed by atoms with E-state index in [9.17, 15) is 18.0 Å². The van der Waals surface area contributed by atoms with Crippen LogP contribution in [0.25, 0.3) is 17.5 Å². The normalized spacial score (nSPS) is 13.1. The van der Waals surface area contributed by atoms with Crippen LogP contribution in [0.2, 0.25) is 0 Å². The number of methoxy groups -OCH3 is 1. The zero-order valence-corrected chi connectivity index (χ0v) is 18.2. The van der Waals surface area contributed by atoms with Crippen LogP contribution in [0.5, 0.6) is 5.75 Å². The molecule has 33 heavy (non-hydrogen) atoms. The summed E-state index contributed by atoms with van der Waals surface area (Å²) in [4.78, 5) is 18.7. The zero-order valence-electron chi connectivity index (χ0n) is 18.2. The molecule has 1 aliphatic rings. The van der Waals surface area contributed by atoms with Crippen molar-refractivity contribution >= 4 is 23.6 Å². The first kappa shape index (κ1) is 22.4. The second-order valence-corrected chi connectivity index (χ2v) is 8.15. The standard InChI is InChI=1S/C23H22F3N5O2/c1-23(2,27)22(32)30-8-9-31-18(12-30)29-20(13-4-6-14(24)7-5-13)21(31)28-15-10-16(25)19(26)17(11-15)33-3/h4-11,28H,12,27H2,1-3H3. The Bertz CT molecular complexity index is 1250. The van der Waals surface area contributed by atoms with Crippen LogP contribution in [0.4, 0.5) is 24.7 Å². The quantitative estimate of drug-likeness (QED) is 0.599. The molecule has 0 radical (unpaired) electrons. The molecule has 2 heterocycles. The molecule has 3 N–H and O–H groups in total.